The van der Waals surface area contributed by atoms with Crippen LogP contribution in [0.3, 0.4) is 0 Å². The van der Waals surface area contributed by atoms with Gasteiger partial charge in [0, 0.05) is 19.3 Å². The minimum absolute atomic E-state index is 0.719. The Morgan fingerprint density at radius 3 is 2.71 bits per heavy atom. The summed E-state index contributed by atoms with van der Waals surface area (Å²) in [6.07, 6.45) is 5.98. The van der Waals surface area contributed by atoms with Crippen LogP contribution in [0.5, 0.6) is 0 Å². The maximum absolute atomic E-state index is 5.40. The summed E-state index contributed by atoms with van der Waals surface area (Å²) in [5.74, 6) is 2.12. The van der Waals surface area contributed by atoms with Crippen LogP contribution >= 0.6 is 11.8 Å². The van der Waals surface area contributed by atoms with Crippen molar-refractivity contribution in [2.75, 3.05) is 31.8 Å². The zero-order valence-electron chi connectivity index (χ0n) is 9.42. The van der Waals surface area contributed by atoms with Crippen molar-refractivity contribution in [3.8, 4) is 0 Å². The Hall–Kier alpha value is 0.270. The molecule has 2 nitrogen and oxygen atoms in total. The van der Waals surface area contributed by atoms with E-state index >= 15 is 0 Å². The molecule has 1 atom stereocenters. The molecule has 0 aromatic rings. The summed E-state index contributed by atoms with van der Waals surface area (Å²) >= 11 is 1.95. The van der Waals surface area contributed by atoms with Crippen LogP contribution in [-0.4, -0.2) is 37.8 Å². The van der Waals surface area contributed by atoms with Crippen LogP contribution in [-0.2, 0) is 4.74 Å². The van der Waals surface area contributed by atoms with Crippen LogP contribution in [0.1, 0.15) is 26.2 Å². The molecule has 1 N–H and O–H groups in total. The normalized spacial score (nSPS) is 21.0. The highest BCUT2D eigenvalue weighted by atomic mass is 32.2. The fourth-order valence-electron chi connectivity index (χ4n) is 2.13. The van der Waals surface area contributed by atoms with Gasteiger partial charge in [-0.25, -0.2) is 0 Å². The summed E-state index contributed by atoms with van der Waals surface area (Å²) in [5.41, 5.74) is 0. The van der Waals surface area contributed by atoms with Crippen molar-refractivity contribution in [2.45, 2.75) is 32.2 Å². The third-order valence-electron chi connectivity index (χ3n) is 2.93. The van der Waals surface area contributed by atoms with E-state index in [1.165, 1.54) is 25.0 Å². The van der Waals surface area contributed by atoms with Gasteiger partial charge in [0.2, 0.25) is 0 Å². The van der Waals surface area contributed by atoms with E-state index in [0.717, 1.165) is 31.7 Å². The number of thioether (sulfide) groups is 1. The number of nitrogens with one attached hydrogen (secondary N) is 1. The molecule has 0 saturated carbocycles. The quantitative estimate of drug-likeness (QED) is 0.736. The predicted octanol–water partition coefficient (Wildman–Crippen LogP) is 2.14. The van der Waals surface area contributed by atoms with Crippen molar-refractivity contribution >= 4 is 11.8 Å². The van der Waals surface area contributed by atoms with Crippen molar-refractivity contribution in [1.82, 2.24) is 5.32 Å². The molecule has 0 aromatic heterocycles. The second kappa shape index (κ2) is 7.55. The van der Waals surface area contributed by atoms with Gasteiger partial charge in [-0.3, -0.25) is 0 Å². The fraction of sp³-hybridized carbons (Fsp3) is 1.00. The highest BCUT2D eigenvalue weighted by Crippen LogP contribution is 2.21. The van der Waals surface area contributed by atoms with Crippen LogP contribution in [0.2, 0.25) is 0 Å². The van der Waals surface area contributed by atoms with Crippen molar-refractivity contribution in [1.29, 1.82) is 0 Å². The molecule has 1 unspecified atom stereocenters. The lowest BCUT2D eigenvalue weighted by molar-refractivity contribution is 0.0536. The molecule has 14 heavy (non-hydrogen) atoms. The van der Waals surface area contributed by atoms with Crippen LogP contribution in [0.25, 0.3) is 0 Å². The zero-order valence-corrected chi connectivity index (χ0v) is 10.2. The molecule has 0 amide bonds. The maximum atomic E-state index is 5.40. The molecule has 1 aliphatic rings. The molecule has 1 rings (SSSR count). The number of ether oxygens (including phenoxy) is 1. The number of hydrogen-bond donors (Lipinski definition) is 1. The SMILES string of the molecule is CCNC(CCSC)C1CCOCC1. The summed E-state index contributed by atoms with van der Waals surface area (Å²) in [7, 11) is 0. The summed E-state index contributed by atoms with van der Waals surface area (Å²) in [5, 5.41) is 3.62. The number of rotatable bonds is 6. The van der Waals surface area contributed by atoms with Gasteiger partial charge in [-0.05, 0) is 43.7 Å². The van der Waals surface area contributed by atoms with Gasteiger partial charge < -0.3 is 10.1 Å². The molecule has 1 aliphatic heterocycles. The van der Waals surface area contributed by atoms with Crippen molar-refractivity contribution in [3.05, 3.63) is 0 Å². The van der Waals surface area contributed by atoms with Crippen LogP contribution in [0.15, 0.2) is 0 Å². The average molecular weight is 217 g/mol. The molecule has 0 bridgehead atoms. The van der Waals surface area contributed by atoms with Crippen molar-refractivity contribution in [3.63, 3.8) is 0 Å². The Balaban J connectivity index is 2.30. The summed E-state index contributed by atoms with van der Waals surface area (Å²) in [6, 6.07) is 0.719. The molecule has 1 heterocycles. The zero-order chi connectivity index (χ0) is 10.2. The third kappa shape index (κ3) is 4.20. The van der Waals surface area contributed by atoms with E-state index in [1.807, 2.05) is 11.8 Å². The predicted molar refractivity (Wildman–Crippen MR) is 64.0 cm³/mol. The Kier molecular flexibility index (Phi) is 6.65. The Bertz CT molecular complexity index is 137. The minimum Gasteiger partial charge on any atom is -0.381 e. The van der Waals surface area contributed by atoms with Crippen molar-refractivity contribution < 1.29 is 4.74 Å². The van der Waals surface area contributed by atoms with Gasteiger partial charge >= 0.3 is 0 Å². The van der Waals surface area contributed by atoms with Gasteiger partial charge in [-0.15, -0.1) is 0 Å². The van der Waals surface area contributed by atoms with E-state index in [1.54, 1.807) is 0 Å². The van der Waals surface area contributed by atoms with E-state index < -0.39 is 0 Å². The molecular formula is C11H23NOS. The van der Waals surface area contributed by atoms with Gasteiger partial charge in [-0.2, -0.15) is 11.8 Å². The number of hydrogen-bond acceptors (Lipinski definition) is 3. The standard InChI is InChI=1S/C11H23NOS/c1-3-12-11(6-9-14-2)10-4-7-13-8-5-10/h10-12H,3-9H2,1-2H3. The fourth-order valence-corrected chi connectivity index (χ4v) is 2.62. The van der Waals surface area contributed by atoms with Crippen molar-refractivity contribution in [2.24, 2.45) is 5.92 Å². The first kappa shape index (κ1) is 12.3. The highest BCUT2D eigenvalue weighted by Gasteiger charge is 2.22. The molecular weight excluding hydrogens is 194 g/mol. The smallest absolute Gasteiger partial charge is 0.0469 e. The largest absolute Gasteiger partial charge is 0.381 e. The first-order valence-electron chi connectivity index (χ1n) is 5.68. The maximum Gasteiger partial charge on any atom is 0.0469 e. The molecule has 0 aromatic carbocycles. The molecule has 0 radical (unpaired) electrons. The van der Waals surface area contributed by atoms with E-state index in [0.29, 0.717) is 0 Å². The lowest BCUT2D eigenvalue weighted by Crippen LogP contribution is -2.39. The van der Waals surface area contributed by atoms with Gasteiger partial charge in [-0.1, -0.05) is 6.92 Å². The van der Waals surface area contributed by atoms with Crippen LogP contribution < -0.4 is 5.32 Å². The first-order chi connectivity index (χ1) is 6.88. The molecule has 3 heteroatoms. The van der Waals surface area contributed by atoms with E-state index in [9.17, 15) is 0 Å². The average Bonchev–Trinajstić information content (AvgIpc) is 2.25. The third-order valence-corrected chi connectivity index (χ3v) is 3.58. The van der Waals surface area contributed by atoms with E-state index in [4.69, 9.17) is 4.74 Å². The topological polar surface area (TPSA) is 21.3 Å². The second-order valence-electron chi connectivity index (χ2n) is 3.90. The lowest BCUT2D eigenvalue weighted by Gasteiger charge is -2.30. The molecule has 0 aliphatic carbocycles. The molecule has 1 saturated heterocycles. The summed E-state index contributed by atoms with van der Waals surface area (Å²) in [4.78, 5) is 0. The first-order valence-corrected chi connectivity index (χ1v) is 7.08. The van der Waals surface area contributed by atoms with Gasteiger partial charge in [0.05, 0.1) is 0 Å². The van der Waals surface area contributed by atoms with Crippen LogP contribution in [0, 0.1) is 5.92 Å². The van der Waals surface area contributed by atoms with Crippen LogP contribution in [0.4, 0.5) is 0 Å². The van der Waals surface area contributed by atoms with Gasteiger partial charge in [0.25, 0.3) is 0 Å². The molecule has 84 valence electrons. The van der Waals surface area contributed by atoms with E-state index in [-0.39, 0.29) is 0 Å². The Labute approximate surface area is 92.2 Å². The van der Waals surface area contributed by atoms with E-state index in [2.05, 4.69) is 18.5 Å². The monoisotopic (exact) mass is 217 g/mol. The van der Waals surface area contributed by atoms with Gasteiger partial charge in [0.15, 0.2) is 0 Å². The highest BCUT2D eigenvalue weighted by molar-refractivity contribution is 7.98. The van der Waals surface area contributed by atoms with Gasteiger partial charge in [0.1, 0.15) is 0 Å². The minimum atomic E-state index is 0.719. The summed E-state index contributed by atoms with van der Waals surface area (Å²) in [6.45, 7) is 5.22. The summed E-state index contributed by atoms with van der Waals surface area (Å²) < 4.78 is 5.40. The Morgan fingerprint density at radius 2 is 2.14 bits per heavy atom. The Morgan fingerprint density at radius 1 is 1.43 bits per heavy atom. The second-order valence-corrected chi connectivity index (χ2v) is 4.88. The molecule has 0 spiro atoms. The molecule has 1 fully saturated rings. The lowest BCUT2D eigenvalue weighted by atomic mass is 9.90.